The van der Waals surface area contributed by atoms with E-state index < -0.39 is 17.8 Å². The van der Waals surface area contributed by atoms with Crippen LogP contribution in [0.5, 0.6) is 0 Å². The van der Waals surface area contributed by atoms with Gasteiger partial charge in [-0.15, -0.1) is 0 Å². The zero-order valence-corrected chi connectivity index (χ0v) is 13.0. The first-order valence-corrected chi connectivity index (χ1v) is 7.59. The second-order valence-electron chi connectivity index (χ2n) is 5.63. The Balaban J connectivity index is 2.21. The Bertz CT molecular complexity index is 546. The summed E-state index contributed by atoms with van der Waals surface area (Å²) >= 11 is 6.23. The van der Waals surface area contributed by atoms with Crippen molar-refractivity contribution in [3.63, 3.8) is 0 Å². The highest BCUT2D eigenvalue weighted by molar-refractivity contribution is 6.31. The van der Waals surface area contributed by atoms with E-state index in [1.54, 1.807) is 18.7 Å². The van der Waals surface area contributed by atoms with Crippen LogP contribution in [0, 0.1) is 11.8 Å². The summed E-state index contributed by atoms with van der Waals surface area (Å²) < 4.78 is 0. The molecule has 2 rings (SSSR count). The molecule has 3 unspecified atom stereocenters. The van der Waals surface area contributed by atoms with Gasteiger partial charge in [-0.1, -0.05) is 43.6 Å². The third-order valence-electron chi connectivity index (χ3n) is 4.33. The van der Waals surface area contributed by atoms with E-state index >= 15 is 0 Å². The van der Waals surface area contributed by atoms with Gasteiger partial charge in [-0.25, -0.2) is 0 Å². The molecule has 0 aliphatic carbocycles. The number of likely N-dealkylation sites (tertiary alicyclic amines) is 1. The fraction of sp³-hybridized carbons (Fsp3) is 0.500. The van der Waals surface area contributed by atoms with E-state index in [9.17, 15) is 9.59 Å². The first kappa shape index (κ1) is 15.8. The van der Waals surface area contributed by atoms with Crippen molar-refractivity contribution in [1.29, 1.82) is 0 Å². The minimum absolute atomic E-state index is 0.0466. The topological polar surface area (TPSA) is 57.6 Å². The SMILES string of the molecule is CC(C(=O)O)C(C)C(=O)N1CCCC1c1ccccc1Cl. The second kappa shape index (κ2) is 6.48. The molecule has 1 heterocycles. The van der Waals surface area contributed by atoms with Crippen LogP contribution in [0.25, 0.3) is 0 Å². The molecule has 5 heteroatoms. The molecule has 1 N–H and O–H groups in total. The Kier molecular flexibility index (Phi) is 4.88. The van der Waals surface area contributed by atoms with Gasteiger partial charge in [0.25, 0.3) is 0 Å². The summed E-state index contributed by atoms with van der Waals surface area (Å²) in [6.45, 7) is 3.92. The predicted octanol–water partition coefficient (Wildman–Crippen LogP) is 3.36. The zero-order valence-electron chi connectivity index (χ0n) is 12.3. The van der Waals surface area contributed by atoms with Gasteiger partial charge in [0.15, 0.2) is 0 Å². The number of rotatable bonds is 4. The number of amides is 1. The fourth-order valence-corrected chi connectivity index (χ4v) is 3.05. The number of nitrogens with zero attached hydrogens (tertiary/aromatic N) is 1. The molecule has 114 valence electrons. The number of benzene rings is 1. The lowest BCUT2D eigenvalue weighted by Crippen LogP contribution is -2.38. The number of carbonyl (C=O) groups excluding carboxylic acids is 1. The van der Waals surface area contributed by atoms with E-state index in [4.69, 9.17) is 16.7 Å². The van der Waals surface area contributed by atoms with Crippen molar-refractivity contribution in [2.45, 2.75) is 32.7 Å². The average molecular weight is 310 g/mol. The van der Waals surface area contributed by atoms with Gasteiger partial charge in [-0.3, -0.25) is 9.59 Å². The van der Waals surface area contributed by atoms with E-state index in [1.807, 2.05) is 24.3 Å². The van der Waals surface area contributed by atoms with Gasteiger partial charge in [-0.2, -0.15) is 0 Å². The van der Waals surface area contributed by atoms with Gasteiger partial charge in [0.05, 0.1) is 12.0 Å². The molecule has 0 saturated carbocycles. The fourth-order valence-electron chi connectivity index (χ4n) is 2.79. The molecule has 1 aliphatic rings. The first-order chi connectivity index (χ1) is 9.93. The standard InChI is InChI=1S/C16H20ClNO3/c1-10(11(2)16(20)21)15(19)18-9-5-8-14(18)12-6-3-4-7-13(12)17/h3-4,6-7,10-11,14H,5,8-9H2,1-2H3,(H,20,21). The summed E-state index contributed by atoms with van der Waals surface area (Å²) in [7, 11) is 0. The van der Waals surface area contributed by atoms with Gasteiger partial charge < -0.3 is 10.0 Å². The predicted molar refractivity (Wildman–Crippen MR) is 81.1 cm³/mol. The summed E-state index contributed by atoms with van der Waals surface area (Å²) in [5.74, 6) is -2.27. The van der Waals surface area contributed by atoms with Gasteiger partial charge in [0.2, 0.25) is 5.91 Å². The molecular weight excluding hydrogens is 290 g/mol. The van der Waals surface area contributed by atoms with Crippen molar-refractivity contribution >= 4 is 23.5 Å². The lowest BCUT2D eigenvalue weighted by atomic mass is 9.94. The van der Waals surface area contributed by atoms with Crippen LogP contribution in [0.2, 0.25) is 5.02 Å². The summed E-state index contributed by atoms with van der Waals surface area (Å²) in [5, 5.41) is 9.73. The largest absolute Gasteiger partial charge is 0.481 e. The van der Waals surface area contributed by atoms with Crippen LogP contribution in [0.4, 0.5) is 0 Å². The van der Waals surface area contributed by atoms with Crippen molar-refractivity contribution in [1.82, 2.24) is 4.90 Å². The second-order valence-corrected chi connectivity index (χ2v) is 6.03. The molecule has 0 aromatic heterocycles. The molecule has 3 atom stereocenters. The third kappa shape index (κ3) is 3.21. The molecule has 1 amide bonds. The normalized spacial score (nSPS) is 21.1. The number of carboxylic acid groups (broad SMARTS) is 1. The Hall–Kier alpha value is -1.55. The van der Waals surface area contributed by atoms with Crippen LogP contribution in [-0.2, 0) is 9.59 Å². The van der Waals surface area contributed by atoms with Crippen molar-refractivity contribution in [3.8, 4) is 0 Å². The molecule has 1 fully saturated rings. The summed E-state index contributed by atoms with van der Waals surface area (Å²) in [6, 6.07) is 7.48. The summed E-state index contributed by atoms with van der Waals surface area (Å²) in [4.78, 5) is 25.5. The summed E-state index contributed by atoms with van der Waals surface area (Å²) in [5.41, 5.74) is 0.945. The minimum atomic E-state index is -0.940. The highest BCUT2D eigenvalue weighted by Gasteiger charge is 2.36. The highest BCUT2D eigenvalue weighted by atomic mass is 35.5. The number of halogens is 1. The molecule has 1 saturated heterocycles. The van der Waals surface area contributed by atoms with Crippen LogP contribution in [0.3, 0.4) is 0 Å². The molecule has 0 bridgehead atoms. The van der Waals surface area contributed by atoms with E-state index in [0.29, 0.717) is 11.6 Å². The van der Waals surface area contributed by atoms with Gasteiger partial charge in [-0.05, 0) is 24.5 Å². The number of carbonyl (C=O) groups is 2. The number of aliphatic carboxylic acids is 1. The third-order valence-corrected chi connectivity index (χ3v) is 4.67. The van der Waals surface area contributed by atoms with Crippen LogP contribution >= 0.6 is 11.6 Å². The molecule has 4 nitrogen and oxygen atoms in total. The van der Waals surface area contributed by atoms with E-state index in [-0.39, 0.29) is 11.9 Å². The van der Waals surface area contributed by atoms with Crippen LogP contribution in [-0.4, -0.2) is 28.4 Å². The molecule has 0 radical (unpaired) electrons. The minimum Gasteiger partial charge on any atom is -0.481 e. The molecule has 1 aliphatic heterocycles. The maximum Gasteiger partial charge on any atom is 0.307 e. The highest BCUT2D eigenvalue weighted by Crippen LogP contribution is 2.37. The Labute approximate surface area is 129 Å². The number of carboxylic acids is 1. The van der Waals surface area contributed by atoms with Gasteiger partial charge >= 0.3 is 5.97 Å². The van der Waals surface area contributed by atoms with E-state index in [0.717, 1.165) is 18.4 Å². The van der Waals surface area contributed by atoms with E-state index in [2.05, 4.69) is 0 Å². The van der Waals surface area contributed by atoms with Crippen molar-refractivity contribution < 1.29 is 14.7 Å². The Morgan fingerprint density at radius 2 is 1.95 bits per heavy atom. The first-order valence-electron chi connectivity index (χ1n) is 7.21. The van der Waals surface area contributed by atoms with Gasteiger partial charge in [0.1, 0.15) is 0 Å². The average Bonchev–Trinajstić information content (AvgIpc) is 2.94. The zero-order chi connectivity index (χ0) is 15.6. The monoisotopic (exact) mass is 309 g/mol. The smallest absolute Gasteiger partial charge is 0.307 e. The quantitative estimate of drug-likeness (QED) is 0.927. The molecule has 1 aromatic rings. The number of hydrogen-bond donors (Lipinski definition) is 1. The Morgan fingerprint density at radius 3 is 2.57 bits per heavy atom. The molecule has 1 aromatic carbocycles. The van der Waals surface area contributed by atoms with E-state index in [1.165, 1.54) is 0 Å². The maximum absolute atomic E-state index is 12.6. The van der Waals surface area contributed by atoms with Crippen molar-refractivity contribution in [2.75, 3.05) is 6.54 Å². The van der Waals surface area contributed by atoms with Crippen LogP contribution in [0.15, 0.2) is 24.3 Å². The van der Waals surface area contributed by atoms with Crippen LogP contribution in [0.1, 0.15) is 38.3 Å². The summed E-state index contributed by atoms with van der Waals surface area (Å²) in [6.07, 6.45) is 1.78. The molecular formula is C16H20ClNO3. The van der Waals surface area contributed by atoms with Crippen LogP contribution < -0.4 is 0 Å². The molecule has 0 spiro atoms. The lowest BCUT2D eigenvalue weighted by Gasteiger charge is -2.29. The number of hydrogen-bond acceptors (Lipinski definition) is 2. The van der Waals surface area contributed by atoms with Crippen molar-refractivity contribution in [3.05, 3.63) is 34.9 Å². The van der Waals surface area contributed by atoms with Gasteiger partial charge in [0, 0.05) is 17.5 Å². The maximum atomic E-state index is 12.6. The Morgan fingerprint density at radius 1 is 1.29 bits per heavy atom. The van der Waals surface area contributed by atoms with Crippen molar-refractivity contribution in [2.24, 2.45) is 11.8 Å². The lowest BCUT2D eigenvalue weighted by molar-refractivity contribution is -0.149. The molecule has 21 heavy (non-hydrogen) atoms.